The van der Waals surface area contributed by atoms with Crippen molar-refractivity contribution in [1.82, 2.24) is 9.88 Å². The van der Waals surface area contributed by atoms with Gasteiger partial charge < -0.3 is 30.1 Å². The van der Waals surface area contributed by atoms with Gasteiger partial charge in [0.05, 0.1) is 24.6 Å². The Kier molecular flexibility index (Phi) is 8.82. The van der Waals surface area contributed by atoms with Gasteiger partial charge in [0.1, 0.15) is 5.60 Å². The maximum Gasteiger partial charge on any atom is 0.336 e. The van der Waals surface area contributed by atoms with Gasteiger partial charge in [-0.3, -0.25) is 14.5 Å². The van der Waals surface area contributed by atoms with Crippen LogP contribution in [0.3, 0.4) is 0 Å². The van der Waals surface area contributed by atoms with E-state index < -0.39 is 36.4 Å². The maximum absolute atomic E-state index is 10.3. The number of nitrogens with zero attached hydrogens (tertiary/aromatic N) is 1. The SMILES string of the molecule is Cc1ccc2[nH]c3c(c2c1)CC(C)OC31CCC(c2ccccc2)(N(C)C)CC1.O=C(O)CC(O)(CC(=O)O)C(=O)O. The molecule has 1 aromatic heterocycles. The van der Waals surface area contributed by atoms with E-state index in [0.29, 0.717) is 0 Å². The number of aromatic nitrogens is 1. The van der Waals surface area contributed by atoms with Gasteiger partial charge in [-0.1, -0.05) is 42.0 Å². The first-order valence-corrected chi connectivity index (χ1v) is 14.1. The number of benzene rings is 2. The van der Waals surface area contributed by atoms with E-state index in [9.17, 15) is 14.4 Å². The third-order valence-corrected chi connectivity index (χ3v) is 8.77. The number of aliphatic carboxylic acids is 3. The highest BCUT2D eigenvalue weighted by atomic mass is 16.5. The van der Waals surface area contributed by atoms with Crippen LogP contribution in [0.15, 0.2) is 48.5 Å². The highest BCUT2D eigenvalue weighted by Crippen LogP contribution is 2.53. The molecule has 2 heterocycles. The molecule has 0 amide bonds. The summed E-state index contributed by atoms with van der Waals surface area (Å²) in [7, 11) is 4.46. The fraction of sp³-hybridized carbons (Fsp3) is 0.469. The summed E-state index contributed by atoms with van der Waals surface area (Å²) in [6, 6.07) is 17.8. The second-order valence-electron chi connectivity index (χ2n) is 11.9. The fourth-order valence-electron chi connectivity index (χ4n) is 6.63. The minimum atomic E-state index is -2.74. The summed E-state index contributed by atoms with van der Waals surface area (Å²) in [4.78, 5) is 36.7. The summed E-state index contributed by atoms with van der Waals surface area (Å²) < 4.78 is 6.76. The predicted octanol–water partition coefficient (Wildman–Crippen LogP) is 4.42. The quantitative estimate of drug-likeness (QED) is 0.273. The van der Waals surface area contributed by atoms with Gasteiger partial charge in [0, 0.05) is 22.9 Å². The van der Waals surface area contributed by atoms with Gasteiger partial charge in [-0.25, -0.2) is 4.79 Å². The molecule has 1 atom stereocenters. The van der Waals surface area contributed by atoms with E-state index in [4.69, 9.17) is 25.2 Å². The topological polar surface area (TPSA) is 160 Å². The highest BCUT2D eigenvalue weighted by molar-refractivity contribution is 5.88. The smallest absolute Gasteiger partial charge is 0.336 e. The molecule has 1 spiro atoms. The standard InChI is InChI=1S/C26H32N2O.C6H8O7/c1-18-10-11-23-21(16-18)22-17-19(2)29-26(24(22)27-23)14-12-25(13-15-26,28(3)4)20-8-6-5-7-9-20;7-3(8)1-6(13,5(11)12)2-4(9)10/h5-11,16,19,27H,12-15,17H2,1-4H3;13H,1-2H2,(H,7,8)(H,9,10)(H,11,12). The lowest BCUT2D eigenvalue weighted by Gasteiger charge is -2.51. The van der Waals surface area contributed by atoms with Crippen molar-refractivity contribution in [3.63, 3.8) is 0 Å². The van der Waals surface area contributed by atoms with Crippen molar-refractivity contribution in [2.45, 2.75) is 81.6 Å². The van der Waals surface area contributed by atoms with Crippen LogP contribution < -0.4 is 0 Å². The maximum atomic E-state index is 10.3. The van der Waals surface area contributed by atoms with Crippen LogP contribution >= 0.6 is 0 Å². The van der Waals surface area contributed by atoms with Crippen molar-refractivity contribution in [2.75, 3.05) is 14.1 Å². The number of hydrogen-bond acceptors (Lipinski definition) is 6. The van der Waals surface area contributed by atoms with Crippen LogP contribution in [-0.2, 0) is 36.7 Å². The van der Waals surface area contributed by atoms with Gasteiger partial charge in [-0.2, -0.15) is 0 Å². The van der Waals surface area contributed by atoms with Crippen LogP contribution in [0.2, 0.25) is 0 Å². The molecule has 2 aromatic carbocycles. The summed E-state index contributed by atoms with van der Waals surface area (Å²) in [5.41, 5.74) is 4.00. The zero-order valence-electron chi connectivity index (χ0n) is 24.5. The molecule has 1 aliphatic heterocycles. The number of hydrogen-bond donors (Lipinski definition) is 5. The Labute approximate surface area is 244 Å². The van der Waals surface area contributed by atoms with Crippen molar-refractivity contribution in [3.05, 3.63) is 70.9 Å². The third kappa shape index (κ3) is 6.06. The van der Waals surface area contributed by atoms with Gasteiger partial charge in [-0.05, 0) is 76.9 Å². The molecule has 1 saturated carbocycles. The van der Waals surface area contributed by atoms with Crippen LogP contribution in [0.25, 0.3) is 10.9 Å². The zero-order chi connectivity index (χ0) is 30.9. The summed E-state index contributed by atoms with van der Waals surface area (Å²) in [6.07, 6.45) is 3.26. The van der Waals surface area contributed by atoms with Crippen molar-refractivity contribution in [1.29, 1.82) is 0 Å². The molecular weight excluding hydrogens is 540 g/mol. The average molecular weight is 581 g/mol. The van der Waals surface area contributed by atoms with E-state index in [1.54, 1.807) is 0 Å². The number of aliphatic hydroxyl groups is 1. The van der Waals surface area contributed by atoms with Crippen LogP contribution in [0.5, 0.6) is 0 Å². The van der Waals surface area contributed by atoms with E-state index in [1.807, 2.05) is 0 Å². The molecule has 2 aliphatic rings. The number of ether oxygens (including phenoxy) is 1. The lowest BCUT2D eigenvalue weighted by molar-refractivity contribution is -0.170. The van der Waals surface area contributed by atoms with Crippen LogP contribution in [-0.4, -0.2) is 74.0 Å². The Bertz CT molecular complexity index is 1440. The van der Waals surface area contributed by atoms with Gasteiger partial charge in [0.25, 0.3) is 0 Å². The highest BCUT2D eigenvalue weighted by Gasteiger charge is 2.50. The van der Waals surface area contributed by atoms with Crippen molar-refractivity contribution >= 4 is 28.8 Å². The largest absolute Gasteiger partial charge is 0.481 e. The molecule has 3 aromatic rings. The molecule has 10 heteroatoms. The van der Waals surface area contributed by atoms with E-state index >= 15 is 0 Å². The number of fused-ring (bicyclic) bond motifs is 4. The molecule has 0 bridgehead atoms. The Morgan fingerprint density at radius 3 is 2.10 bits per heavy atom. The second kappa shape index (κ2) is 11.9. The minimum absolute atomic E-state index is 0.0827. The van der Waals surface area contributed by atoms with Crippen molar-refractivity contribution in [3.8, 4) is 0 Å². The normalized spacial score (nSPS) is 23.7. The summed E-state index contributed by atoms with van der Waals surface area (Å²) in [6.45, 7) is 4.42. The lowest BCUT2D eigenvalue weighted by atomic mass is 9.67. The third-order valence-electron chi connectivity index (χ3n) is 8.77. The second-order valence-corrected chi connectivity index (χ2v) is 11.9. The minimum Gasteiger partial charge on any atom is -0.481 e. The van der Waals surface area contributed by atoms with Gasteiger partial charge in [-0.15, -0.1) is 0 Å². The van der Waals surface area contributed by atoms with E-state index in [0.717, 1.165) is 32.1 Å². The molecule has 5 N–H and O–H groups in total. The number of carboxylic acid groups (broad SMARTS) is 3. The fourth-order valence-corrected chi connectivity index (χ4v) is 6.63. The first-order valence-electron chi connectivity index (χ1n) is 14.1. The number of nitrogens with one attached hydrogen (secondary N) is 1. The van der Waals surface area contributed by atoms with Gasteiger partial charge in [0.15, 0.2) is 5.60 Å². The Hall–Kier alpha value is -3.73. The van der Waals surface area contributed by atoms with E-state index in [2.05, 4.69) is 86.4 Å². The Balaban J connectivity index is 0.000000266. The molecule has 1 aliphatic carbocycles. The molecule has 10 nitrogen and oxygen atoms in total. The molecule has 226 valence electrons. The lowest BCUT2D eigenvalue weighted by Crippen LogP contribution is -2.51. The molecule has 0 saturated heterocycles. The number of H-pyrrole nitrogens is 1. The van der Waals surface area contributed by atoms with Crippen molar-refractivity contribution in [2.24, 2.45) is 0 Å². The number of aryl methyl sites for hydroxylation is 1. The summed E-state index contributed by atoms with van der Waals surface area (Å²) >= 11 is 0. The van der Waals surface area contributed by atoms with Crippen LogP contribution in [0.1, 0.15) is 67.8 Å². The molecule has 1 fully saturated rings. The van der Waals surface area contributed by atoms with E-state index in [-0.39, 0.29) is 17.2 Å². The molecule has 1 unspecified atom stereocenters. The molecule has 5 rings (SSSR count). The summed E-state index contributed by atoms with van der Waals surface area (Å²) in [5.74, 6) is -5.02. The molecule has 42 heavy (non-hydrogen) atoms. The van der Waals surface area contributed by atoms with Crippen molar-refractivity contribution < 1.29 is 39.5 Å². The number of carbonyl (C=O) groups is 3. The molecule has 0 radical (unpaired) electrons. The van der Waals surface area contributed by atoms with Gasteiger partial charge >= 0.3 is 17.9 Å². The number of aromatic amines is 1. The number of rotatable bonds is 7. The number of carboxylic acids is 3. The molecular formula is C32H40N2O8. The first kappa shape index (κ1) is 31.2. The average Bonchev–Trinajstić information content (AvgIpc) is 3.27. The first-order chi connectivity index (χ1) is 19.7. The van der Waals surface area contributed by atoms with E-state index in [1.165, 1.54) is 33.3 Å². The van der Waals surface area contributed by atoms with Crippen LogP contribution in [0.4, 0.5) is 0 Å². The van der Waals surface area contributed by atoms with Gasteiger partial charge in [0.2, 0.25) is 0 Å². The monoisotopic (exact) mass is 580 g/mol. The summed E-state index contributed by atoms with van der Waals surface area (Å²) in [5, 5.41) is 35.2. The predicted molar refractivity (Wildman–Crippen MR) is 156 cm³/mol. The van der Waals surface area contributed by atoms with Crippen LogP contribution in [0, 0.1) is 6.92 Å². The Morgan fingerprint density at radius 1 is 0.976 bits per heavy atom. The zero-order valence-corrected chi connectivity index (χ0v) is 24.5. The Morgan fingerprint density at radius 2 is 1.57 bits per heavy atom.